The number of ether oxygens (including phenoxy) is 2. The third kappa shape index (κ3) is 4.40. The van der Waals surface area contributed by atoms with E-state index in [-0.39, 0.29) is 0 Å². The molecule has 6 nitrogen and oxygen atoms in total. The molecule has 3 rings (SSSR count). The van der Waals surface area contributed by atoms with Crippen LogP contribution >= 0.6 is 0 Å². The highest BCUT2D eigenvalue weighted by molar-refractivity contribution is 5.53. The van der Waals surface area contributed by atoms with Crippen LogP contribution in [0.3, 0.4) is 0 Å². The van der Waals surface area contributed by atoms with Crippen LogP contribution in [0.5, 0.6) is 11.5 Å². The molecule has 0 amide bonds. The first-order valence-electron chi connectivity index (χ1n) is 8.47. The van der Waals surface area contributed by atoms with Crippen molar-refractivity contribution in [3.05, 3.63) is 60.0 Å². The molecule has 1 heterocycles. The summed E-state index contributed by atoms with van der Waals surface area (Å²) in [7, 11) is 5.32. The highest BCUT2D eigenvalue weighted by atomic mass is 16.5. The molecular weight excluding hydrogens is 330 g/mol. The highest BCUT2D eigenvalue weighted by Gasteiger charge is 2.11. The Labute approximate surface area is 153 Å². The molecule has 0 saturated heterocycles. The number of hydrogen-bond acceptors (Lipinski definition) is 6. The predicted molar refractivity (Wildman–Crippen MR) is 99.3 cm³/mol. The van der Waals surface area contributed by atoms with Crippen molar-refractivity contribution in [3.63, 3.8) is 0 Å². The smallest absolute Gasteiger partial charge is 0.241 e. The number of benzene rings is 2. The van der Waals surface area contributed by atoms with E-state index in [1.807, 2.05) is 49.5 Å². The Balaban J connectivity index is 1.56. The average molecular weight is 353 g/mol. The van der Waals surface area contributed by atoms with Crippen molar-refractivity contribution in [3.8, 4) is 22.9 Å². The first-order chi connectivity index (χ1) is 12.7. The van der Waals surface area contributed by atoms with Gasteiger partial charge in [-0.1, -0.05) is 41.6 Å². The standard InChI is InChI=1S/C20H23N3O3/c1-23(12-11-15-9-10-17(24-2)18(13-15)25-3)14-19-21-20(22-26-19)16-7-5-4-6-8-16/h4-10,13H,11-12,14H2,1-3H3. The maximum atomic E-state index is 5.37. The van der Waals surface area contributed by atoms with Gasteiger partial charge in [0, 0.05) is 12.1 Å². The summed E-state index contributed by atoms with van der Waals surface area (Å²) in [5.41, 5.74) is 2.14. The summed E-state index contributed by atoms with van der Waals surface area (Å²) in [6.07, 6.45) is 0.885. The van der Waals surface area contributed by atoms with Gasteiger partial charge < -0.3 is 14.0 Å². The molecule has 0 spiro atoms. The first kappa shape index (κ1) is 17.9. The summed E-state index contributed by atoms with van der Waals surface area (Å²) in [6, 6.07) is 15.8. The summed E-state index contributed by atoms with van der Waals surface area (Å²) in [5, 5.41) is 4.06. The van der Waals surface area contributed by atoms with Crippen LogP contribution in [0.25, 0.3) is 11.4 Å². The van der Waals surface area contributed by atoms with Gasteiger partial charge in [0.05, 0.1) is 20.8 Å². The highest BCUT2D eigenvalue weighted by Crippen LogP contribution is 2.27. The molecule has 0 unspecified atom stereocenters. The molecule has 0 aliphatic rings. The van der Waals surface area contributed by atoms with Gasteiger partial charge in [-0.05, 0) is 31.2 Å². The number of methoxy groups -OCH3 is 2. The van der Waals surface area contributed by atoms with Gasteiger partial charge in [-0.3, -0.25) is 4.90 Å². The fourth-order valence-electron chi connectivity index (χ4n) is 2.69. The van der Waals surface area contributed by atoms with Gasteiger partial charge in [-0.15, -0.1) is 0 Å². The Morgan fingerprint density at radius 2 is 1.77 bits per heavy atom. The van der Waals surface area contributed by atoms with E-state index in [1.165, 1.54) is 5.56 Å². The Kier molecular flexibility index (Phi) is 5.86. The van der Waals surface area contributed by atoms with Gasteiger partial charge in [0.25, 0.3) is 0 Å². The fourth-order valence-corrected chi connectivity index (χ4v) is 2.69. The van der Waals surface area contributed by atoms with Gasteiger partial charge >= 0.3 is 0 Å². The molecule has 136 valence electrons. The van der Waals surface area contributed by atoms with E-state index in [0.717, 1.165) is 30.0 Å². The van der Waals surface area contributed by atoms with Gasteiger partial charge in [-0.2, -0.15) is 4.98 Å². The largest absolute Gasteiger partial charge is 0.493 e. The zero-order valence-corrected chi connectivity index (χ0v) is 15.3. The Hall–Kier alpha value is -2.86. The van der Waals surface area contributed by atoms with Crippen molar-refractivity contribution >= 4 is 0 Å². The van der Waals surface area contributed by atoms with Crippen molar-refractivity contribution in [2.75, 3.05) is 27.8 Å². The quantitative estimate of drug-likeness (QED) is 0.618. The summed E-state index contributed by atoms with van der Waals surface area (Å²) >= 11 is 0. The van der Waals surface area contributed by atoms with Crippen LogP contribution in [-0.2, 0) is 13.0 Å². The van der Waals surface area contributed by atoms with E-state index in [0.29, 0.717) is 18.3 Å². The monoisotopic (exact) mass is 353 g/mol. The molecule has 0 fully saturated rings. The van der Waals surface area contributed by atoms with Gasteiger partial charge in [0.1, 0.15) is 0 Å². The lowest BCUT2D eigenvalue weighted by atomic mass is 10.1. The Morgan fingerprint density at radius 1 is 1.00 bits per heavy atom. The molecular formula is C20H23N3O3. The average Bonchev–Trinajstić information content (AvgIpc) is 3.15. The van der Waals surface area contributed by atoms with Crippen LogP contribution in [0.2, 0.25) is 0 Å². The summed E-state index contributed by atoms with van der Waals surface area (Å²) < 4.78 is 16.0. The normalized spacial score (nSPS) is 10.9. The number of hydrogen-bond donors (Lipinski definition) is 0. The van der Waals surface area contributed by atoms with Gasteiger partial charge in [-0.25, -0.2) is 0 Å². The molecule has 0 radical (unpaired) electrons. The molecule has 1 aromatic heterocycles. The second-order valence-electron chi connectivity index (χ2n) is 6.05. The van der Waals surface area contributed by atoms with Crippen LogP contribution in [0, 0.1) is 0 Å². The number of rotatable bonds is 8. The van der Waals surface area contributed by atoms with Crippen LogP contribution in [0.15, 0.2) is 53.1 Å². The van der Waals surface area contributed by atoms with E-state index in [2.05, 4.69) is 21.1 Å². The lowest BCUT2D eigenvalue weighted by Crippen LogP contribution is -2.21. The maximum Gasteiger partial charge on any atom is 0.241 e. The number of nitrogens with zero attached hydrogens (tertiary/aromatic N) is 3. The molecule has 6 heteroatoms. The lowest BCUT2D eigenvalue weighted by Gasteiger charge is -2.15. The topological polar surface area (TPSA) is 60.6 Å². The third-order valence-corrected chi connectivity index (χ3v) is 4.14. The molecule has 0 atom stereocenters. The lowest BCUT2D eigenvalue weighted by molar-refractivity contribution is 0.269. The minimum absolute atomic E-state index is 0.604. The number of likely N-dealkylation sites (N-methyl/N-ethyl adjacent to an activating group) is 1. The molecule has 3 aromatic rings. The molecule has 0 aliphatic carbocycles. The zero-order valence-electron chi connectivity index (χ0n) is 15.3. The molecule has 0 N–H and O–H groups in total. The predicted octanol–water partition coefficient (Wildman–Crippen LogP) is 3.43. The zero-order chi connectivity index (χ0) is 18.4. The second kappa shape index (κ2) is 8.49. The van der Waals surface area contributed by atoms with E-state index < -0.39 is 0 Å². The SMILES string of the molecule is COc1ccc(CCN(C)Cc2nc(-c3ccccc3)no2)cc1OC. The maximum absolute atomic E-state index is 5.37. The summed E-state index contributed by atoms with van der Waals surface area (Å²) in [6.45, 7) is 1.46. The summed E-state index contributed by atoms with van der Waals surface area (Å²) in [4.78, 5) is 6.62. The van der Waals surface area contributed by atoms with Crippen LogP contribution in [-0.4, -0.2) is 42.9 Å². The molecule has 2 aromatic carbocycles. The molecule has 0 bridgehead atoms. The van der Waals surface area contributed by atoms with E-state index >= 15 is 0 Å². The van der Waals surface area contributed by atoms with E-state index in [9.17, 15) is 0 Å². The third-order valence-electron chi connectivity index (χ3n) is 4.14. The van der Waals surface area contributed by atoms with Crippen LogP contribution in [0.1, 0.15) is 11.5 Å². The molecule has 26 heavy (non-hydrogen) atoms. The molecule has 0 aliphatic heterocycles. The van der Waals surface area contributed by atoms with Crippen LogP contribution < -0.4 is 9.47 Å². The first-order valence-corrected chi connectivity index (χ1v) is 8.47. The van der Waals surface area contributed by atoms with Crippen molar-refractivity contribution in [1.82, 2.24) is 15.0 Å². The fraction of sp³-hybridized carbons (Fsp3) is 0.300. The second-order valence-corrected chi connectivity index (χ2v) is 6.05. The Morgan fingerprint density at radius 3 is 2.50 bits per heavy atom. The van der Waals surface area contributed by atoms with Gasteiger partial charge in [0.2, 0.25) is 11.7 Å². The van der Waals surface area contributed by atoms with Crippen LogP contribution in [0.4, 0.5) is 0 Å². The van der Waals surface area contributed by atoms with E-state index in [4.69, 9.17) is 14.0 Å². The summed E-state index contributed by atoms with van der Waals surface area (Å²) in [5.74, 6) is 2.72. The van der Waals surface area contributed by atoms with Crippen molar-refractivity contribution < 1.29 is 14.0 Å². The molecule has 0 saturated carbocycles. The minimum Gasteiger partial charge on any atom is -0.493 e. The van der Waals surface area contributed by atoms with Crippen molar-refractivity contribution in [2.45, 2.75) is 13.0 Å². The van der Waals surface area contributed by atoms with Crippen molar-refractivity contribution in [1.29, 1.82) is 0 Å². The van der Waals surface area contributed by atoms with Gasteiger partial charge in [0.15, 0.2) is 11.5 Å². The van der Waals surface area contributed by atoms with Crippen molar-refractivity contribution in [2.24, 2.45) is 0 Å². The van der Waals surface area contributed by atoms with E-state index in [1.54, 1.807) is 14.2 Å². The Bertz CT molecular complexity index is 833. The number of aromatic nitrogens is 2. The minimum atomic E-state index is 0.604.